The zero-order valence-electron chi connectivity index (χ0n) is 12.8. The van der Waals surface area contributed by atoms with E-state index in [1.807, 2.05) is 24.6 Å². The molecule has 2 aromatic rings. The van der Waals surface area contributed by atoms with E-state index in [-0.39, 0.29) is 0 Å². The number of rotatable bonds is 4. The van der Waals surface area contributed by atoms with Crippen LogP contribution in [0.15, 0.2) is 18.5 Å². The number of anilines is 1. The van der Waals surface area contributed by atoms with Crippen LogP contribution in [0.1, 0.15) is 43.5 Å². The van der Waals surface area contributed by atoms with Crippen molar-refractivity contribution in [2.75, 3.05) is 11.9 Å². The topological polar surface area (TPSA) is 55.6 Å². The fraction of sp³-hybridized carbons (Fsp3) is 0.562. The van der Waals surface area contributed by atoms with Crippen LogP contribution < -0.4 is 5.32 Å². The molecule has 1 saturated carbocycles. The lowest BCUT2D eigenvalue weighted by Gasteiger charge is -2.22. The van der Waals surface area contributed by atoms with E-state index in [1.54, 1.807) is 6.33 Å². The van der Waals surface area contributed by atoms with Crippen molar-refractivity contribution in [2.45, 2.75) is 46.0 Å². The largest absolute Gasteiger partial charge is 0.370 e. The van der Waals surface area contributed by atoms with Gasteiger partial charge in [0.2, 0.25) is 0 Å². The molecule has 1 N–H and O–H groups in total. The average Bonchev–Trinajstić information content (AvgIpc) is 2.85. The van der Waals surface area contributed by atoms with Crippen molar-refractivity contribution in [1.82, 2.24) is 19.7 Å². The van der Waals surface area contributed by atoms with Gasteiger partial charge in [-0.1, -0.05) is 19.3 Å². The maximum Gasteiger partial charge on any atom is 0.159 e. The molecule has 0 bridgehead atoms. The summed E-state index contributed by atoms with van der Waals surface area (Å²) in [5, 5.41) is 7.93. The van der Waals surface area contributed by atoms with Crippen LogP contribution in [0.3, 0.4) is 0 Å². The Balaban J connectivity index is 1.69. The summed E-state index contributed by atoms with van der Waals surface area (Å²) in [4.78, 5) is 8.65. The van der Waals surface area contributed by atoms with Gasteiger partial charge in [0.25, 0.3) is 0 Å². The maximum absolute atomic E-state index is 4.47. The molecule has 2 heterocycles. The Morgan fingerprint density at radius 1 is 1.14 bits per heavy atom. The van der Waals surface area contributed by atoms with E-state index < -0.39 is 0 Å². The second-order valence-corrected chi connectivity index (χ2v) is 5.99. The van der Waals surface area contributed by atoms with Crippen LogP contribution in [-0.2, 0) is 0 Å². The Kier molecular flexibility index (Phi) is 4.18. The van der Waals surface area contributed by atoms with Crippen molar-refractivity contribution < 1.29 is 0 Å². The molecule has 0 radical (unpaired) electrons. The van der Waals surface area contributed by atoms with E-state index in [9.17, 15) is 0 Å². The van der Waals surface area contributed by atoms with Crippen LogP contribution in [-0.4, -0.2) is 26.3 Å². The molecular formula is C16H23N5. The van der Waals surface area contributed by atoms with Crippen LogP contribution in [0.5, 0.6) is 0 Å². The van der Waals surface area contributed by atoms with Gasteiger partial charge in [-0.05, 0) is 38.7 Å². The molecule has 1 aliphatic carbocycles. The molecule has 2 aromatic heterocycles. The summed E-state index contributed by atoms with van der Waals surface area (Å²) in [7, 11) is 0. The lowest BCUT2D eigenvalue weighted by Crippen LogP contribution is -2.18. The highest BCUT2D eigenvalue weighted by Crippen LogP contribution is 2.23. The van der Waals surface area contributed by atoms with Gasteiger partial charge in [-0.3, -0.25) is 0 Å². The van der Waals surface area contributed by atoms with Gasteiger partial charge in [-0.15, -0.1) is 0 Å². The zero-order chi connectivity index (χ0) is 14.7. The summed E-state index contributed by atoms with van der Waals surface area (Å²) in [6.45, 7) is 5.04. The van der Waals surface area contributed by atoms with Gasteiger partial charge in [0.15, 0.2) is 5.82 Å². The molecule has 5 nitrogen and oxygen atoms in total. The maximum atomic E-state index is 4.47. The van der Waals surface area contributed by atoms with Gasteiger partial charge >= 0.3 is 0 Å². The quantitative estimate of drug-likeness (QED) is 0.936. The highest BCUT2D eigenvalue weighted by Gasteiger charge is 2.13. The number of aryl methyl sites for hydroxylation is 2. The van der Waals surface area contributed by atoms with E-state index in [4.69, 9.17) is 0 Å². The van der Waals surface area contributed by atoms with Crippen molar-refractivity contribution in [2.24, 2.45) is 5.92 Å². The standard InChI is InChI=1S/C16H23N5/c1-12-8-13(2)21(20-12)16-9-15(18-11-19-16)17-10-14-6-4-3-5-7-14/h8-9,11,14H,3-7,10H2,1-2H3,(H,17,18,19). The third-order valence-corrected chi connectivity index (χ3v) is 4.18. The van der Waals surface area contributed by atoms with Crippen molar-refractivity contribution >= 4 is 5.82 Å². The molecule has 0 spiro atoms. The smallest absolute Gasteiger partial charge is 0.159 e. The molecule has 112 valence electrons. The molecule has 0 amide bonds. The Hall–Kier alpha value is -1.91. The van der Waals surface area contributed by atoms with Gasteiger partial charge in [0.05, 0.1) is 5.69 Å². The van der Waals surface area contributed by atoms with E-state index in [0.29, 0.717) is 0 Å². The molecule has 0 saturated heterocycles. The van der Waals surface area contributed by atoms with Crippen molar-refractivity contribution in [1.29, 1.82) is 0 Å². The zero-order valence-corrected chi connectivity index (χ0v) is 12.8. The summed E-state index contributed by atoms with van der Waals surface area (Å²) in [5.41, 5.74) is 2.09. The number of nitrogens with one attached hydrogen (secondary N) is 1. The normalized spacial score (nSPS) is 16.1. The van der Waals surface area contributed by atoms with E-state index >= 15 is 0 Å². The lowest BCUT2D eigenvalue weighted by atomic mass is 9.89. The van der Waals surface area contributed by atoms with Gasteiger partial charge in [-0.25, -0.2) is 14.6 Å². The third-order valence-electron chi connectivity index (χ3n) is 4.18. The predicted molar refractivity (Wildman–Crippen MR) is 83.7 cm³/mol. The molecule has 0 unspecified atom stereocenters. The highest BCUT2D eigenvalue weighted by molar-refractivity contribution is 5.41. The van der Waals surface area contributed by atoms with Crippen molar-refractivity contribution in [3.05, 3.63) is 29.8 Å². The molecule has 0 aromatic carbocycles. The molecule has 0 aliphatic heterocycles. The Labute approximate surface area is 125 Å². The predicted octanol–water partition coefficient (Wildman–Crippen LogP) is 3.27. The van der Waals surface area contributed by atoms with Gasteiger partial charge in [-0.2, -0.15) is 5.10 Å². The Morgan fingerprint density at radius 3 is 2.67 bits per heavy atom. The Morgan fingerprint density at radius 2 is 1.95 bits per heavy atom. The van der Waals surface area contributed by atoms with E-state index in [1.165, 1.54) is 32.1 Å². The summed E-state index contributed by atoms with van der Waals surface area (Å²) < 4.78 is 1.86. The lowest BCUT2D eigenvalue weighted by molar-refractivity contribution is 0.373. The molecule has 5 heteroatoms. The van der Waals surface area contributed by atoms with Crippen LogP contribution in [0.4, 0.5) is 5.82 Å². The van der Waals surface area contributed by atoms with Gasteiger partial charge < -0.3 is 5.32 Å². The van der Waals surface area contributed by atoms with Crippen LogP contribution in [0.25, 0.3) is 5.82 Å². The average molecular weight is 285 g/mol. The summed E-state index contributed by atoms with van der Waals surface area (Å²) in [6, 6.07) is 4.03. The fourth-order valence-corrected chi connectivity index (χ4v) is 3.06. The van der Waals surface area contributed by atoms with Crippen LogP contribution in [0.2, 0.25) is 0 Å². The molecule has 21 heavy (non-hydrogen) atoms. The second kappa shape index (κ2) is 6.24. The number of nitrogens with zero attached hydrogens (tertiary/aromatic N) is 4. The first kappa shape index (κ1) is 14.0. The first-order valence-electron chi connectivity index (χ1n) is 7.82. The number of hydrogen-bond acceptors (Lipinski definition) is 4. The molecule has 1 fully saturated rings. The first-order valence-corrected chi connectivity index (χ1v) is 7.82. The van der Waals surface area contributed by atoms with E-state index in [0.717, 1.165) is 35.5 Å². The fourth-order valence-electron chi connectivity index (χ4n) is 3.06. The minimum atomic E-state index is 0.783. The van der Waals surface area contributed by atoms with Crippen LogP contribution in [0, 0.1) is 19.8 Å². The van der Waals surface area contributed by atoms with Crippen LogP contribution >= 0.6 is 0 Å². The molecular weight excluding hydrogens is 262 g/mol. The number of hydrogen-bond donors (Lipinski definition) is 1. The first-order chi connectivity index (χ1) is 10.2. The van der Waals surface area contributed by atoms with Crippen molar-refractivity contribution in [3.63, 3.8) is 0 Å². The van der Waals surface area contributed by atoms with Gasteiger partial charge in [0, 0.05) is 18.3 Å². The number of aromatic nitrogens is 4. The monoisotopic (exact) mass is 285 g/mol. The SMILES string of the molecule is Cc1cc(C)n(-c2cc(NCC3CCCCC3)ncn2)n1. The Bertz CT molecular complexity index is 598. The van der Waals surface area contributed by atoms with Crippen molar-refractivity contribution in [3.8, 4) is 5.82 Å². The summed E-state index contributed by atoms with van der Waals surface area (Å²) >= 11 is 0. The molecule has 3 rings (SSSR count). The minimum Gasteiger partial charge on any atom is -0.370 e. The molecule has 1 aliphatic rings. The molecule has 0 atom stereocenters. The van der Waals surface area contributed by atoms with E-state index in [2.05, 4.69) is 26.4 Å². The second-order valence-electron chi connectivity index (χ2n) is 5.99. The highest BCUT2D eigenvalue weighted by atomic mass is 15.3. The minimum absolute atomic E-state index is 0.783. The third kappa shape index (κ3) is 3.40. The summed E-state index contributed by atoms with van der Waals surface area (Å²) in [5.74, 6) is 2.49. The van der Waals surface area contributed by atoms with Gasteiger partial charge in [0.1, 0.15) is 12.1 Å². The summed E-state index contributed by atoms with van der Waals surface area (Å²) in [6.07, 6.45) is 8.41.